The Morgan fingerprint density at radius 2 is 0.452 bits per heavy atom. The average Bonchev–Trinajstić information content (AvgIpc) is 1.46. The molecule has 0 heterocycles. The predicted molar refractivity (Wildman–Crippen MR) is 570 cm³/mol. The Balaban J connectivity index is 0.000000163. The number of carbonyl (C=O) groups excluding carboxylic acids is 2. The van der Waals surface area contributed by atoms with Gasteiger partial charge in [0.15, 0.2) is 0 Å². The fourth-order valence-electron chi connectivity index (χ4n) is 21.0. The number of ether oxygens (including phenoxy) is 10. The highest BCUT2D eigenvalue weighted by Crippen LogP contribution is 2.53. The molecule has 146 heavy (non-hydrogen) atoms. The minimum absolute atomic E-state index is 0.0434. The van der Waals surface area contributed by atoms with Gasteiger partial charge in [0.1, 0.15) is 95.7 Å². The summed E-state index contributed by atoms with van der Waals surface area (Å²) in [6, 6.07) is 67.7. The number of halogens is 4. The summed E-state index contributed by atoms with van der Waals surface area (Å²) < 4.78 is 115. The van der Waals surface area contributed by atoms with Crippen LogP contribution in [0.1, 0.15) is 277 Å². The molecule has 0 saturated heterocycles. The van der Waals surface area contributed by atoms with Gasteiger partial charge in [-0.3, -0.25) is 19.2 Å². The summed E-state index contributed by atoms with van der Waals surface area (Å²) in [6.07, 6.45) is 7.14. The number of esters is 2. The van der Waals surface area contributed by atoms with Gasteiger partial charge in [0.25, 0.3) is 0 Å². The summed E-state index contributed by atoms with van der Waals surface area (Å²) in [7, 11) is 9.20. The summed E-state index contributed by atoms with van der Waals surface area (Å²) in [5.41, 5.74) is 19.1. The molecule has 0 aromatic heterocycles. The van der Waals surface area contributed by atoms with Crippen LogP contribution >= 0.6 is 0 Å². The predicted octanol–water partition coefficient (Wildman–Crippen LogP) is 30.3. The van der Waals surface area contributed by atoms with Crippen molar-refractivity contribution >= 4 is 23.9 Å². The van der Waals surface area contributed by atoms with Crippen LogP contribution in [-0.2, 0) is 102 Å². The van der Waals surface area contributed by atoms with E-state index in [1.807, 2.05) is 113 Å². The molecule has 772 valence electrons. The molecular formula is C126H144F4O16. The highest BCUT2D eigenvalue weighted by molar-refractivity contribution is 5.81. The quantitative estimate of drug-likeness (QED) is 0.0346. The topological polar surface area (TPSA) is 201 Å². The number of aryl methyl sites for hydroxylation is 4. The molecule has 0 fully saturated rings. The van der Waals surface area contributed by atoms with Crippen molar-refractivity contribution < 1.29 is 94.3 Å². The summed E-state index contributed by atoms with van der Waals surface area (Å²) in [5, 5.41) is 19.5. The Hall–Kier alpha value is -13.4. The zero-order valence-electron chi connectivity index (χ0n) is 89.7. The number of fused-ring (bicyclic) bond motifs is 4. The molecule has 12 aromatic rings. The van der Waals surface area contributed by atoms with Gasteiger partial charge in [-0.05, 0) is 361 Å². The van der Waals surface area contributed by atoms with Crippen LogP contribution in [0.3, 0.4) is 0 Å². The zero-order valence-corrected chi connectivity index (χ0v) is 89.7. The number of carboxylic acids is 2. The van der Waals surface area contributed by atoms with E-state index in [4.69, 9.17) is 47.4 Å². The molecular weight excluding hydrogens is 1850 g/mol. The first-order valence-electron chi connectivity index (χ1n) is 50.3. The molecule has 0 amide bonds. The maximum absolute atomic E-state index is 14.8. The molecule has 4 aliphatic rings. The van der Waals surface area contributed by atoms with Crippen LogP contribution < -0.4 is 37.9 Å². The van der Waals surface area contributed by atoms with Gasteiger partial charge >= 0.3 is 23.9 Å². The molecule has 4 atom stereocenters. The number of hydrogen-bond acceptors (Lipinski definition) is 14. The van der Waals surface area contributed by atoms with E-state index >= 15 is 0 Å². The minimum atomic E-state index is -0.837. The van der Waals surface area contributed by atoms with Crippen LogP contribution in [0.25, 0.3) is 44.5 Å². The monoisotopic (exact) mass is 1990 g/mol. The van der Waals surface area contributed by atoms with Crippen LogP contribution in [0.15, 0.2) is 218 Å². The van der Waals surface area contributed by atoms with Crippen LogP contribution in [0.4, 0.5) is 17.6 Å². The average molecular weight is 1990 g/mol. The molecule has 0 saturated carbocycles. The molecule has 2 N–H and O–H groups in total. The SMILES string of the molecule is COC(=O)C(C)(C)[C@@H]1CCc2ccc(OCc3ccc(-c4cc(OC)ccc4F)c(C(C)(C)C)c3)cc21.COC(=O)C(C)(C)[C@H]1CCc2ccc(OCc3ccc(-c4cc(OC)ccc4F)c(C(C)(C)C)c3)cc21.COc1ccc(F)c(-c2ccc(COc3ccc4c(c3)[C@@H](C(C)(C)C(=O)O)CC4)cc2C(C)(C)C)c1.COc1ccc(F)c(-c2ccc(COc3ccc4c(c3)[C@H](C(C)(C)C(=O)O)CC4)cc2C(C)(C)C)c1. The third kappa shape index (κ3) is 24.6. The number of hydrogen-bond donors (Lipinski definition) is 2. The van der Waals surface area contributed by atoms with Crippen LogP contribution in [0.2, 0.25) is 0 Å². The summed E-state index contributed by atoms with van der Waals surface area (Å²) in [6.45, 7) is 41.9. The Bertz CT molecular complexity index is 6390. The number of carbonyl (C=O) groups is 4. The molecule has 0 unspecified atom stereocenters. The van der Waals surface area contributed by atoms with E-state index in [2.05, 4.69) is 144 Å². The lowest BCUT2D eigenvalue weighted by atomic mass is 9.75. The molecule has 0 aliphatic heterocycles. The normalized spacial score (nSPS) is 15.4. The van der Waals surface area contributed by atoms with E-state index in [1.54, 1.807) is 105 Å². The number of carboxylic acid groups (broad SMARTS) is 2. The third-order valence-corrected chi connectivity index (χ3v) is 29.8. The molecule has 0 spiro atoms. The van der Waals surface area contributed by atoms with Crippen molar-refractivity contribution in [2.45, 2.75) is 262 Å². The molecule has 20 heteroatoms. The van der Waals surface area contributed by atoms with Crippen molar-refractivity contribution in [3.05, 3.63) is 331 Å². The van der Waals surface area contributed by atoms with E-state index < -0.39 is 33.6 Å². The number of aliphatic carboxylic acids is 2. The van der Waals surface area contributed by atoms with Crippen molar-refractivity contribution in [1.82, 2.24) is 0 Å². The minimum Gasteiger partial charge on any atom is -0.497 e. The van der Waals surface area contributed by atoms with Crippen molar-refractivity contribution in [1.29, 1.82) is 0 Å². The number of rotatable bonds is 28. The smallest absolute Gasteiger partial charge is 0.311 e. The van der Waals surface area contributed by atoms with Gasteiger partial charge in [0.2, 0.25) is 0 Å². The first kappa shape index (κ1) is 110. The standard InChI is InChI=1S/2C32H37FO4.2C31H35FO4/c2*1-31(2,3)28-16-20(8-13-24(28)26-17-22(35-6)12-15-29(26)33)19-37-23-11-9-21-10-14-27(25(21)18-23)32(4,5)30(34)36-7;2*1-30(2,3)27-15-19(7-12-23(27)25-16-21(35-6)11-14-28(25)32)18-36-22-10-8-20-9-13-26(24(20)17-22)31(4,5)29(33)34/h2*8-9,11-13,15-18,27H,10,14,19H2,1-7H3;2*7-8,10-12,14-17,26H,9,13,18H2,1-6H3,(H,33,34)/t2*27-;2*26-/m1010/s1. The van der Waals surface area contributed by atoms with E-state index in [-0.39, 0.29) is 80.5 Å². The summed E-state index contributed by atoms with van der Waals surface area (Å²) in [4.78, 5) is 48.6. The van der Waals surface area contributed by atoms with Crippen LogP contribution in [0.5, 0.6) is 46.0 Å². The fourth-order valence-corrected chi connectivity index (χ4v) is 21.0. The second-order valence-corrected chi connectivity index (χ2v) is 45.3. The van der Waals surface area contributed by atoms with Crippen molar-refractivity contribution in [2.24, 2.45) is 21.7 Å². The Morgan fingerprint density at radius 1 is 0.253 bits per heavy atom. The van der Waals surface area contributed by atoms with Gasteiger partial charge in [0, 0.05) is 45.9 Å². The van der Waals surface area contributed by atoms with Gasteiger partial charge < -0.3 is 57.6 Å². The summed E-state index contributed by atoms with van der Waals surface area (Å²) in [5.74, 6) is 2.44. The number of benzene rings is 12. The molecule has 4 aliphatic carbocycles. The third-order valence-electron chi connectivity index (χ3n) is 29.8. The van der Waals surface area contributed by atoms with Crippen molar-refractivity contribution in [3.63, 3.8) is 0 Å². The van der Waals surface area contributed by atoms with Crippen LogP contribution in [0, 0.1) is 44.9 Å². The first-order valence-corrected chi connectivity index (χ1v) is 50.3. The van der Waals surface area contributed by atoms with Gasteiger partial charge in [0.05, 0.1) is 64.3 Å². The second kappa shape index (κ2) is 44.5. The summed E-state index contributed by atoms with van der Waals surface area (Å²) >= 11 is 0. The first-order chi connectivity index (χ1) is 68.7. The Labute approximate surface area is 860 Å². The Morgan fingerprint density at radius 3 is 0.637 bits per heavy atom. The van der Waals surface area contributed by atoms with Gasteiger partial charge in [-0.1, -0.05) is 180 Å². The molecule has 16 rings (SSSR count). The maximum atomic E-state index is 14.8. The van der Waals surface area contributed by atoms with Gasteiger partial charge in [-0.15, -0.1) is 0 Å². The Kier molecular flexibility index (Phi) is 33.5. The molecule has 0 radical (unpaired) electrons. The van der Waals surface area contributed by atoms with Crippen LogP contribution in [-0.4, -0.2) is 76.7 Å². The zero-order chi connectivity index (χ0) is 106. The van der Waals surface area contributed by atoms with E-state index in [0.717, 1.165) is 163 Å². The van der Waals surface area contributed by atoms with Crippen molar-refractivity contribution in [3.8, 4) is 90.5 Å². The maximum Gasteiger partial charge on any atom is 0.311 e. The highest BCUT2D eigenvalue weighted by Gasteiger charge is 2.46. The fraction of sp³-hybridized carbons (Fsp3) is 0.397. The molecule has 0 bridgehead atoms. The van der Waals surface area contributed by atoms with Crippen molar-refractivity contribution in [2.75, 3.05) is 42.7 Å². The lowest BCUT2D eigenvalue weighted by Crippen LogP contribution is -2.31. The lowest BCUT2D eigenvalue weighted by molar-refractivity contribution is -0.152. The van der Waals surface area contributed by atoms with Gasteiger partial charge in [-0.25, -0.2) is 17.6 Å². The lowest BCUT2D eigenvalue weighted by Gasteiger charge is -2.29. The largest absolute Gasteiger partial charge is 0.497 e. The van der Waals surface area contributed by atoms with E-state index in [0.29, 0.717) is 71.7 Å². The van der Waals surface area contributed by atoms with Gasteiger partial charge in [-0.2, -0.15) is 0 Å². The second-order valence-electron chi connectivity index (χ2n) is 45.3. The van der Waals surface area contributed by atoms with E-state index in [9.17, 15) is 47.0 Å². The highest BCUT2D eigenvalue weighted by atomic mass is 19.1. The molecule has 16 nitrogen and oxygen atoms in total. The number of methoxy groups -OCH3 is 6. The van der Waals surface area contributed by atoms with E-state index in [1.165, 1.54) is 60.7 Å². The molecule has 12 aromatic carbocycles.